The minimum Gasteiger partial charge on any atom is -0.377 e. The van der Waals surface area contributed by atoms with Crippen LogP contribution in [0.3, 0.4) is 0 Å². The number of piperidine rings is 1. The van der Waals surface area contributed by atoms with Gasteiger partial charge in [0.1, 0.15) is 5.69 Å². The van der Waals surface area contributed by atoms with E-state index in [4.69, 9.17) is 0 Å². The van der Waals surface area contributed by atoms with E-state index in [1.807, 2.05) is 0 Å². The number of nitrogens with one attached hydrogen (secondary N) is 1. The van der Waals surface area contributed by atoms with E-state index in [9.17, 15) is 29.8 Å². The van der Waals surface area contributed by atoms with E-state index >= 15 is 0 Å². The number of nitro groups is 2. The van der Waals surface area contributed by atoms with E-state index in [0.29, 0.717) is 18.9 Å². The van der Waals surface area contributed by atoms with Gasteiger partial charge in [0.2, 0.25) is 5.82 Å². The van der Waals surface area contributed by atoms with Crippen LogP contribution in [0.15, 0.2) is 12.1 Å². The summed E-state index contributed by atoms with van der Waals surface area (Å²) in [6, 6.07) is 1.05. The molecule has 1 aromatic rings. The molecule has 0 saturated carbocycles. The second-order valence-corrected chi connectivity index (χ2v) is 7.50. The first-order valence-corrected chi connectivity index (χ1v) is 7.71. The molecule has 0 amide bonds. The summed E-state index contributed by atoms with van der Waals surface area (Å²) in [6.07, 6.45) is 0.769. The third-order valence-electron chi connectivity index (χ3n) is 4.41. The van der Waals surface area contributed by atoms with Crippen LogP contribution in [-0.2, 0) is 5.21 Å². The zero-order valence-electron chi connectivity index (χ0n) is 14.4. The van der Waals surface area contributed by atoms with Gasteiger partial charge in [-0.3, -0.25) is 20.2 Å². The van der Waals surface area contributed by atoms with Crippen molar-refractivity contribution in [1.29, 1.82) is 0 Å². The van der Waals surface area contributed by atoms with Gasteiger partial charge >= 0.3 is 5.69 Å². The molecule has 0 unspecified atom stereocenters. The number of nitro benzene ring substituents is 2. The second kappa shape index (κ2) is 6.19. The zero-order valence-corrected chi connectivity index (χ0v) is 14.4. The minimum atomic E-state index is -1.15. The summed E-state index contributed by atoms with van der Waals surface area (Å²) in [6.45, 7) is 7.06. The Labute approximate surface area is 143 Å². The first-order chi connectivity index (χ1) is 11.3. The molecule has 0 spiro atoms. The van der Waals surface area contributed by atoms with Gasteiger partial charge in [-0.25, -0.2) is 0 Å². The van der Waals surface area contributed by atoms with Crippen molar-refractivity contribution < 1.29 is 19.4 Å². The van der Waals surface area contributed by atoms with Gasteiger partial charge in [0.25, 0.3) is 5.69 Å². The molecule has 1 aromatic carbocycles. The van der Waals surface area contributed by atoms with Gasteiger partial charge in [0, 0.05) is 23.2 Å². The highest BCUT2D eigenvalue weighted by atomic mass is 19.1. The summed E-state index contributed by atoms with van der Waals surface area (Å²) in [5.74, 6) is -1.15. The Balaban J connectivity index is 2.38. The molecule has 1 heterocycles. The number of anilines is 1. The van der Waals surface area contributed by atoms with Crippen molar-refractivity contribution in [1.82, 2.24) is 5.06 Å². The van der Waals surface area contributed by atoms with E-state index in [0.717, 1.165) is 11.1 Å². The quantitative estimate of drug-likeness (QED) is 0.652. The number of hydrogen-bond donors (Lipinski definition) is 1. The van der Waals surface area contributed by atoms with Crippen LogP contribution in [0.4, 0.5) is 21.5 Å². The van der Waals surface area contributed by atoms with Crippen LogP contribution >= 0.6 is 0 Å². The predicted molar refractivity (Wildman–Crippen MR) is 87.0 cm³/mol. The van der Waals surface area contributed by atoms with Crippen molar-refractivity contribution in [3.8, 4) is 0 Å². The van der Waals surface area contributed by atoms with E-state index in [1.54, 1.807) is 27.7 Å². The first kappa shape index (κ1) is 19.0. The largest absolute Gasteiger partial charge is 0.377 e. The molecule has 25 heavy (non-hydrogen) atoms. The molecule has 1 saturated heterocycles. The monoisotopic (exact) mass is 355 g/mol. The molecule has 1 N–H and O–H groups in total. The molecule has 137 valence electrons. The average molecular weight is 355 g/mol. The van der Waals surface area contributed by atoms with Crippen LogP contribution in [0.1, 0.15) is 40.5 Å². The highest BCUT2D eigenvalue weighted by Gasteiger charge is 2.46. The van der Waals surface area contributed by atoms with Gasteiger partial charge in [-0.2, -0.15) is 4.39 Å². The van der Waals surface area contributed by atoms with Gasteiger partial charge in [0.05, 0.1) is 15.9 Å². The fourth-order valence-corrected chi connectivity index (χ4v) is 3.54. The smallest absolute Gasteiger partial charge is 0.311 e. The van der Waals surface area contributed by atoms with Gasteiger partial charge in [-0.05, 0) is 40.5 Å². The number of hydroxylamine groups is 2. The average Bonchev–Trinajstić information content (AvgIpc) is 2.43. The summed E-state index contributed by atoms with van der Waals surface area (Å²) in [5.41, 5.74) is -3.09. The fourth-order valence-electron chi connectivity index (χ4n) is 3.54. The molecule has 1 aliphatic rings. The maximum atomic E-state index is 13.9. The molecule has 2 rings (SSSR count). The maximum Gasteiger partial charge on any atom is 0.311 e. The van der Waals surface area contributed by atoms with Crippen LogP contribution in [0.2, 0.25) is 0 Å². The summed E-state index contributed by atoms with van der Waals surface area (Å²) in [4.78, 5) is 20.2. The maximum absolute atomic E-state index is 13.9. The lowest BCUT2D eigenvalue weighted by Crippen LogP contribution is -2.60. The summed E-state index contributed by atoms with van der Waals surface area (Å²) < 4.78 is 13.9. The van der Waals surface area contributed by atoms with Crippen LogP contribution < -0.4 is 5.32 Å². The molecule has 0 atom stereocenters. The third-order valence-corrected chi connectivity index (χ3v) is 4.41. The third kappa shape index (κ3) is 3.69. The van der Waals surface area contributed by atoms with Gasteiger partial charge in [-0.15, -0.1) is 10.3 Å². The van der Waals surface area contributed by atoms with E-state index < -0.39 is 38.1 Å². The van der Waals surface area contributed by atoms with Crippen LogP contribution in [0, 0.1) is 26.0 Å². The lowest BCUT2D eigenvalue weighted by atomic mass is 9.79. The molecule has 1 aliphatic heterocycles. The number of rotatable bonds is 4. The van der Waals surface area contributed by atoms with Crippen molar-refractivity contribution in [2.45, 2.75) is 57.7 Å². The van der Waals surface area contributed by atoms with E-state index in [-0.39, 0.29) is 11.7 Å². The van der Waals surface area contributed by atoms with E-state index in [1.165, 1.54) is 0 Å². The topological polar surface area (TPSA) is 121 Å². The molecule has 0 aliphatic carbocycles. The Hall–Kier alpha value is -2.33. The standard InChI is InChI=1S/C15H20FN4O5/c1-14(2)7-9(8-15(3,4)20(14)25)17-11-5-10(16)12(18(21)22)6-13(11)19(23)24/h5-6,9,17H,7-8H2,1-4H3. The Kier molecular flexibility index (Phi) is 4.71. The molecular weight excluding hydrogens is 335 g/mol. The summed E-state index contributed by atoms with van der Waals surface area (Å²) >= 11 is 0. The minimum absolute atomic E-state index is 0.135. The number of nitrogens with zero attached hydrogens (tertiary/aromatic N) is 3. The number of benzene rings is 1. The van der Waals surface area contributed by atoms with Gasteiger partial charge in [0.15, 0.2) is 0 Å². The van der Waals surface area contributed by atoms with Crippen molar-refractivity contribution >= 4 is 17.1 Å². The molecule has 9 nitrogen and oxygen atoms in total. The normalized spacial score (nSPS) is 20.2. The van der Waals surface area contributed by atoms with Crippen molar-refractivity contribution in [3.05, 3.63) is 38.2 Å². The molecule has 10 heteroatoms. The highest BCUT2D eigenvalue weighted by molar-refractivity contribution is 5.66. The van der Waals surface area contributed by atoms with Crippen LogP contribution in [-0.4, -0.2) is 32.0 Å². The molecule has 1 radical (unpaired) electrons. The Bertz CT molecular complexity index is 704. The molecular formula is C15H20FN4O5. The van der Waals surface area contributed by atoms with Crippen molar-refractivity contribution in [3.63, 3.8) is 0 Å². The molecule has 0 bridgehead atoms. The second-order valence-electron chi connectivity index (χ2n) is 7.50. The van der Waals surface area contributed by atoms with Gasteiger partial charge < -0.3 is 5.32 Å². The van der Waals surface area contributed by atoms with Crippen LogP contribution in [0.5, 0.6) is 0 Å². The van der Waals surface area contributed by atoms with Gasteiger partial charge in [-0.1, -0.05) is 0 Å². The fraction of sp³-hybridized carbons (Fsp3) is 0.600. The Morgan fingerprint density at radius 3 is 2.00 bits per heavy atom. The SMILES string of the molecule is CC1(C)CC(Nc2cc(F)c([N+](=O)[O-])cc2[N+](=O)[O-])CC(C)(C)N1[O]. The summed E-state index contributed by atoms with van der Waals surface area (Å²) in [5, 5.41) is 38.3. The molecule has 0 aromatic heterocycles. The number of hydrogen-bond acceptors (Lipinski definition) is 6. The Morgan fingerprint density at radius 1 is 1.08 bits per heavy atom. The van der Waals surface area contributed by atoms with Crippen molar-refractivity contribution in [2.24, 2.45) is 0 Å². The predicted octanol–water partition coefficient (Wildman–Crippen LogP) is 3.42. The summed E-state index contributed by atoms with van der Waals surface area (Å²) in [7, 11) is 0. The first-order valence-electron chi connectivity index (χ1n) is 7.71. The lowest BCUT2D eigenvalue weighted by Gasteiger charge is -2.50. The van der Waals surface area contributed by atoms with Crippen molar-refractivity contribution in [2.75, 3.05) is 5.32 Å². The highest BCUT2D eigenvalue weighted by Crippen LogP contribution is 2.40. The lowest BCUT2D eigenvalue weighted by molar-refractivity contribution is -0.395. The Morgan fingerprint density at radius 2 is 1.56 bits per heavy atom. The molecule has 1 fully saturated rings. The van der Waals surface area contributed by atoms with E-state index in [2.05, 4.69) is 5.32 Å². The zero-order chi connectivity index (χ0) is 19.2. The number of halogens is 1. The van der Waals surface area contributed by atoms with Crippen LogP contribution in [0.25, 0.3) is 0 Å².